The smallest absolute Gasteiger partial charge is 0.168 e. The maximum absolute atomic E-state index is 5.78. The Morgan fingerprint density at radius 3 is 2.39 bits per heavy atom. The van der Waals surface area contributed by atoms with Crippen LogP contribution in [0.4, 0.5) is 0 Å². The molecule has 1 saturated carbocycles. The first-order valence-electron chi connectivity index (χ1n) is 7.33. The molecular formula is C14H25NO3. The highest BCUT2D eigenvalue weighted by molar-refractivity contribution is 4.86. The SMILES string of the molecule is CN(CC1CCOC1)C1CCC2(CC1)OCCO2. The van der Waals surface area contributed by atoms with Gasteiger partial charge in [0.15, 0.2) is 5.79 Å². The second kappa shape index (κ2) is 5.45. The van der Waals surface area contributed by atoms with Crippen molar-refractivity contribution in [1.82, 2.24) is 4.90 Å². The summed E-state index contributed by atoms with van der Waals surface area (Å²) in [6.45, 7) is 4.64. The fourth-order valence-electron chi connectivity index (χ4n) is 3.55. The normalized spacial score (nSPS) is 32.7. The molecule has 1 unspecified atom stereocenters. The molecule has 1 atom stereocenters. The van der Waals surface area contributed by atoms with Crippen molar-refractivity contribution in [2.45, 2.75) is 43.9 Å². The van der Waals surface area contributed by atoms with Gasteiger partial charge in [0.1, 0.15) is 0 Å². The third-order valence-corrected chi connectivity index (χ3v) is 4.72. The minimum absolute atomic E-state index is 0.214. The molecular weight excluding hydrogens is 230 g/mol. The Hall–Kier alpha value is -0.160. The van der Waals surface area contributed by atoms with E-state index in [1.54, 1.807) is 0 Å². The van der Waals surface area contributed by atoms with Crippen LogP contribution in [0.3, 0.4) is 0 Å². The molecule has 3 fully saturated rings. The summed E-state index contributed by atoms with van der Waals surface area (Å²) in [6, 6.07) is 0.698. The van der Waals surface area contributed by atoms with Crippen LogP contribution in [0, 0.1) is 5.92 Å². The number of nitrogens with zero attached hydrogens (tertiary/aromatic N) is 1. The average Bonchev–Trinajstić information content (AvgIpc) is 3.03. The molecule has 0 aromatic heterocycles. The lowest BCUT2D eigenvalue weighted by Crippen LogP contribution is -2.44. The number of hydrogen-bond donors (Lipinski definition) is 0. The third kappa shape index (κ3) is 2.72. The second-order valence-electron chi connectivity index (χ2n) is 6.01. The standard InChI is InChI=1S/C14H25NO3/c1-15(10-12-4-7-16-11-12)13-2-5-14(6-3-13)17-8-9-18-14/h12-13H,2-11H2,1H3. The fraction of sp³-hybridized carbons (Fsp3) is 1.00. The molecule has 1 aliphatic carbocycles. The molecule has 0 radical (unpaired) electrons. The van der Waals surface area contributed by atoms with E-state index < -0.39 is 0 Å². The Kier molecular flexibility index (Phi) is 3.89. The van der Waals surface area contributed by atoms with Crippen LogP contribution in [0.15, 0.2) is 0 Å². The molecule has 18 heavy (non-hydrogen) atoms. The van der Waals surface area contributed by atoms with Gasteiger partial charge in [-0.2, -0.15) is 0 Å². The monoisotopic (exact) mass is 255 g/mol. The first-order chi connectivity index (χ1) is 8.77. The summed E-state index contributed by atoms with van der Waals surface area (Å²) in [5.74, 6) is 0.526. The van der Waals surface area contributed by atoms with Gasteiger partial charge in [-0.1, -0.05) is 0 Å². The predicted octanol–water partition coefficient (Wildman–Crippen LogP) is 1.64. The molecule has 0 amide bonds. The molecule has 0 aromatic carbocycles. The molecule has 3 rings (SSSR count). The quantitative estimate of drug-likeness (QED) is 0.767. The lowest BCUT2D eigenvalue weighted by molar-refractivity contribution is -0.183. The molecule has 2 saturated heterocycles. The van der Waals surface area contributed by atoms with Gasteiger partial charge in [-0.05, 0) is 32.2 Å². The maximum atomic E-state index is 5.78. The van der Waals surface area contributed by atoms with Crippen molar-refractivity contribution in [3.8, 4) is 0 Å². The van der Waals surface area contributed by atoms with Gasteiger partial charge in [0.05, 0.1) is 19.8 Å². The molecule has 0 aromatic rings. The minimum Gasteiger partial charge on any atom is -0.381 e. The zero-order chi connectivity index (χ0) is 12.4. The molecule has 104 valence electrons. The average molecular weight is 255 g/mol. The molecule has 4 heteroatoms. The summed E-state index contributed by atoms with van der Waals surface area (Å²) in [5.41, 5.74) is 0. The van der Waals surface area contributed by atoms with Gasteiger partial charge in [-0.25, -0.2) is 0 Å². The van der Waals surface area contributed by atoms with E-state index >= 15 is 0 Å². The van der Waals surface area contributed by atoms with Crippen LogP contribution in [0.1, 0.15) is 32.1 Å². The van der Waals surface area contributed by atoms with Crippen molar-refractivity contribution in [2.24, 2.45) is 5.92 Å². The maximum Gasteiger partial charge on any atom is 0.168 e. The number of rotatable bonds is 3. The van der Waals surface area contributed by atoms with E-state index in [9.17, 15) is 0 Å². The predicted molar refractivity (Wildman–Crippen MR) is 68.4 cm³/mol. The van der Waals surface area contributed by atoms with Crippen molar-refractivity contribution in [2.75, 3.05) is 40.0 Å². The summed E-state index contributed by atoms with van der Waals surface area (Å²) in [5, 5.41) is 0. The summed E-state index contributed by atoms with van der Waals surface area (Å²) >= 11 is 0. The van der Waals surface area contributed by atoms with Crippen molar-refractivity contribution in [3.63, 3.8) is 0 Å². The van der Waals surface area contributed by atoms with Gasteiger partial charge in [0.25, 0.3) is 0 Å². The van der Waals surface area contributed by atoms with Gasteiger partial charge in [-0.3, -0.25) is 0 Å². The van der Waals surface area contributed by atoms with Gasteiger partial charge in [0, 0.05) is 32.0 Å². The zero-order valence-corrected chi connectivity index (χ0v) is 11.4. The molecule has 4 nitrogen and oxygen atoms in total. The highest BCUT2D eigenvalue weighted by Gasteiger charge is 2.41. The number of ether oxygens (including phenoxy) is 3. The second-order valence-corrected chi connectivity index (χ2v) is 6.01. The topological polar surface area (TPSA) is 30.9 Å². The van der Waals surface area contributed by atoms with Gasteiger partial charge in [-0.15, -0.1) is 0 Å². The minimum atomic E-state index is -0.214. The molecule has 0 bridgehead atoms. The largest absolute Gasteiger partial charge is 0.381 e. The van der Waals surface area contributed by atoms with Crippen LogP contribution >= 0.6 is 0 Å². The summed E-state index contributed by atoms with van der Waals surface area (Å²) in [4.78, 5) is 2.53. The van der Waals surface area contributed by atoms with Crippen molar-refractivity contribution >= 4 is 0 Å². The Balaban J connectivity index is 1.46. The van der Waals surface area contributed by atoms with E-state index in [0.717, 1.165) is 45.2 Å². The van der Waals surface area contributed by atoms with E-state index in [1.165, 1.54) is 25.8 Å². The van der Waals surface area contributed by atoms with Gasteiger partial charge in [0.2, 0.25) is 0 Å². The Bertz CT molecular complexity index is 262. The molecule has 3 aliphatic rings. The lowest BCUT2D eigenvalue weighted by Gasteiger charge is -2.39. The molecule has 2 heterocycles. The van der Waals surface area contributed by atoms with Crippen molar-refractivity contribution in [1.29, 1.82) is 0 Å². The van der Waals surface area contributed by atoms with Gasteiger partial charge >= 0.3 is 0 Å². The third-order valence-electron chi connectivity index (χ3n) is 4.72. The first kappa shape index (κ1) is 12.9. The summed E-state index contributed by atoms with van der Waals surface area (Å²) < 4.78 is 17.0. The van der Waals surface area contributed by atoms with Crippen LogP contribution in [0.5, 0.6) is 0 Å². The first-order valence-corrected chi connectivity index (χ1v) is 7.33. The van der Waals surface area contributed by atoms with Gasteiger partial charge < -0.3 is 19.1 Å². The van der Waals surface area contributed by atoms with Crippen LogP contribution in [0.2, 0.25) is 0 Å². The van der Waals surface area contributed by atoms with Crippen LogP contribution in [-0.4, -0.2) is 56.7 Å². The Morgan fingerprint density at radius 2 is 1.78 bits per heavy atom. The van der Waals surface area contributed by atoms with E-state index in [0.29, 0.717) is 6.04 Å². The lowest BCUT2D eigenvalue weighted by atomic mass is 9.89. The molecule has 1 spiro atoms. The molecule has 2 aliphatic heterocycles. The highest BCUT2D eigenvalue weighted by Crippen LogP contribution is 2.37. The van der Waals surface area contributed by atoms with Crippen molar-refractivity contribution in [3.05, 3.63) is 0 Å². The fourth-order valence-corrected chi connectivity index (χ4v) is 3.55. The van der Waals surface area contributed by atoms with Crippen LogP contribution < -0.4 is 0 Å². The summed E-state index contributed by atoms with van der Waals surface area (Å²) in [7, 11) is 2.26. The van der Waals surface area contributed by atoms with Crippen LogP contribution in [-0.2, 0) is 14.2 Å². The van der Waals surface area contributed by atoms with E-state index in [2.05, 4.69) is 11.9 Å². The summed E-state index contributed by atoms with van der Waals surface area (Å²) in [6.07, 6.45) is 5.74. The Labute approximate surface area is 110 Å². The van der Waals surface area contributed by atoms with Crippen molar-refractivity contribution < 1.29 is 14.2 Å². The van der Waals surface area contributed by atoms with Crippen LogP contribution in [0.25, 0.3) is 0 Å². The highest BCUT2D eigenvalue weighted by atomic mass is 16.7. The Morgan fingerprint density at radius 1 is 1.06 bits per heavy atom. The molecule has 0 N–H and O–H groups in total. The number of hydrogen-bond acceptors (Lipinski definition) is 4. The van der Waals surface area contributed by atoms with E-state index in [-0.39, 0.29) is 5.79 Å². The zero-order valence-electron chi connectivity index (χ0n) is 11.4. The van der Waals surface area contributed by atoms with E-state index in [1.807, 2.05) is 0 Å². The van der Waals surface area contributed by atoms with E-state index in [4.69, 9.17) is 14.2 Å².